The highest BCUT2D eigenvalue weighted by Crippen LogP contribution is 2.11. The Kier molecular flexibility index (Phi) is 6.77. The summed E-state index contributed by atoms with van der Waals surface area (Å²) in [4.78, 5) is 5.04. The lowest BCUT2D eigenvalue weighted by Gasteiger charge is -2.05. The van der Waals surface area contributed by atoms with Crippen LogP contribution in [0.2, 0.25) is 0 Å². The number of hydrogen-bond acceptors (Lipinski definition) is 5. The van der Waals surface area contributed by atoms with Crippen molar-refractivity contribution in [2.24, 2.45) is 0 Å². The summed E-state index contributed by atoms with van der Waals surface area (Å²) >= 11 is 1.52. The highest BCUT2D eigenvalue weighted by Gasteiger charge is 2.10. The van der Waals surface area contributed by atoms with E-state index in [1.807, 2.05) is 13.8 Å². The zero-order chi connectivity index (χ0) is 13.4. The number of nitrogens with one attached hydrogen (secondary N) is 2. The molecule has 5 nitrogen and oxygen atoms in total. The molecule has 1 aromatic rings. The van der Waals surface area contributed by atoms with Crippen LogP contribution in [-0.4, -0.2) is 32.2 Å². The van der Waals surface area contributed by atoms with E-state index in [-0.39, 0.29) is 5.75 Å². The van der Waals surface area contributed by atoms with Crippen molar-refractivity contribution in [3.63, 3.8) is 0 Å². The summed E-state index contributed by atoms with van der Waals surface area (Å²) in [5.41, 5.74) is 0. The molecule has 1 heterocycles. The third-order valence-electron chi connectivity index (χ3n) is 2.40. The van der Waals surface area contributed by atoms with Crippen LogP contribution in [0.5, 0.6) is 0 Å². The van der Waals surface area contributed by atoms with Gasteiger partial charge in [0.1, 0.15) is 0 Å². The molecule has 0 fully saturated rings. The second-order valence-corrected chi connectivity index (χ2v) is 7.29. The van der Waals surface area contributed by atoms with Gasteiger partial charge in [-0.15, -0.1) is 11.3 Å². The van der Waals surface area contributed by atoms with E-state index in [1.165, 1.54) is 11.3 Å². The Hall–Kier alpha value is -0.500. The Morgan fingerprint density at radius 1 is 1.39 bits per heavy atom. The SMILES string of the molecule is CCNCCCCS(=O)(=O)NCc1cnc(C)s1. The third kappa shape index (κ3) is 6.44. The first-order chi connectivity index (χ1) is 8.53. The molecule has 0 amide bonds. The molecule has 1 aromatic heterocycles. The fraction of sp³-hybridized carbons (Fsp3) is 0.727. The van der Waals surface area contributed by atoms with Crippen LogP contribution in [-0.2, 0) is 16.6 Å². The summed E-state index contributed by atoms with van der Waals surface area (Å²) in [5, 5.41) is 4.13. The minimum atomic E-state index is -3.16. The predicted molar refractivity (Wildman–Crippen MR) is 75.3 cm³/mol. The Morgan fingerprint density at radius 3 is 2.78 bits per heavy atom. The second-order valence-electron chi connectivity index (χ2n) is 4.05. The fourth-order valence-corrected chi connectivity index (χ4v) is 3.39. The van der Waals surface area contributed by atoms with E-state index >= 15 is 0 Å². The first-order valence-electron chi connectivity index (χ1n) is 6.13. The van der Waals surface area contributed by atoms with Crippen molar-refractivity contribution >= 4 is 21.4 Å². The van der Waals surface area contributed by atoms with Gasteiger partial charge in [-0.2, -0.15) is 0 Å². The van der Waals surface area contributed by atoms with Gasteiger partial charge in [-0.25, -0.2) is 18.1 Å². The van der Waals surface area contributed by atoms with Crippen LogP contribution in [0.3, 0.4) is 0 Å². The normalized spacial score (nSPS) is 11.9. The molecule has 0 bridgehead atoms. The minimum Gasteiger partial charge on any atom is -0.317 e. The van der Waals surface area contributed by atoms with E-state index < -0.39 is 10.0 Å². The molecule has 0 saturated heterocycles. The van der Waals surface area contributed by atoms with E-state index in [9.17, 15) is 8.42 Å². The molecule has 18 heavy (non-hydrogen) atoms. The van der Waals surface area contributed by atoms with Gasteiger partial charge < -0.3 is 5.32 Å². The van der Waals surface area contributed by atoms with Gasteiger partial charge in [0.25, 0.3) is 0 Å². The van der Waals surface area contributed by atoms with Gasteiger partial charge in [0, 0.05) is 17.6 Å². The highest BCUT2D eigenvalue weighted by atomic mass is 32.2. The fourth-order valence-electron chi connectivity index (χ4n) is 1.46. The third-order valence-corrected chi connectivity index (χ3v) is 4.73. The van der Waals surface area contributed by atoms with Crippen molar-refractivity contribution in [1.29, 1.82) is 0 Å². The monoisotopic (exact) mass is 291 g/mol. The summed E-state index contributed by atoms with van der Waals surface area (Å²) < 4.78 is 26.0. The van der Waals surface area contributed by atoms with Gasteiger partial charge in [0.15, 0.2) is 0 Å². The molecule has 0 aliphatic heterocycles. The van der Waals surface area contributed by atoms with E-state index in [2.05, 4.69) is 15.0 Å². The summed E-state index contributed by atoms with van der Waals surface area (Å²) in [6.45, 7) is 6.09. The molecular formula is C11H21N3O2S2. The van der Waals surface area contributed by atoms with Crippen LogP contribution in [0.1, 0.15) is 29.7 Å². The molecule has 1 rings (SSSR count). The maximum atomic E-state index is 11.7. The minimum absolute atomic E-state index is 0.191. The number of hydrogen-bond donors (Lipinski definition) is 2. The smallest absolute Gasteiger partial charge is 0.211 e. The lowest BCUT2D eigenvalue weighted by molar-refractivity contribution is 0.574. The molecule has 104 valence electrons. The maximum Gasteiger partial charge on any atom is 0.211 e. The Bertz CT molecular complexity index is 443. The number of rotatable bonds is 9. The summed E-state index contributed by atoms with van der Waals surface area (Å²) in [6, 6.07) is 0. The van der Waals surface area contributed by atoms with Gasteiger partial charge in [-0.1, -0.05) is 6.92 Å². The standard InChI is InChI=1S/C11H21N3O2S2/c1-3-12-6-4-5-7-18(15,16)14-9-11-8-13-10(2)17-11/h8,12,14H,3-7,9H2,1-2H3. The zero-order valence-electron chi connectivity index (χ0n) is 10.9. The molecular weight excluding hydrogens is 270 g/mol. The van der Waals surface area contributed by atoms with E-state index in [0.717, 1.165) is 29.4 Å². The van der Waals surface area contributed by atoms with Crippen LogP contribution in [0.15, 0.2) is 6.20 Å². The summed E-state index contributed by atoms with van der Waals surface area (Å²) in [5.74, 6) is 0.191. The van der Waals surface area contributed by atoms with Gasteiger partial charge in [0.2, 0.25) is 10.0 Å². The van der Waals surface area contributed by atoms with Crippen molar-refractivity contribution in [1.82, 2.24) is 15.0 Å². The molecule has 0 aliphatic rings. The zero-order valence-corrected chi connectivity index (χ0v) is 12.5. The van der Waals surface area contributed by atoms with E-state index in [4.69, 9.17) is 0 Å². The highest BCUT2D eigenvalue weighted by molar-refractivity contribution is 7.89. The topological polar surface area (TPSA) is 71.1 Å². The van der Waals surface area contributed by atoms with Gasteiger partial charge in [-0.05, 0) is 32.9 Å². The summed E-state index contributed by atoms with van der Waals surface area (Å²) in [7, 11) is -3.16. The van der Waals surface area contributed by atoms with Gasteiger partial charge in [-0.3, -0.25) is 0 Å². The molecule has 0 unspecified atom stereocenters. The maximum absolute atomic E-state index is 11.7. The van der Waals surface area contributed by atoms with Gasteiger partial charge >= 0.3 is 0 Å². The predicted octanol–water partition coefficient (Wildman–Crippen LogP) is 1.26. The first-order valence-corrected chi connectivity index (χ1v) is 8.59. The lowest BCUT2D eigenvalue weighted by atomic mass is 10.3. The lowest BCUT2D eigenvalue weighted by Crippen LogP contribution is -2.26. The molecule has 7 heteroatoms. The molecule has 0 atom stereocenters. The van der Waals surface area contributed by atoms with Crippen LogP contribution in [0.25, 0.3) is 0 Å². The average Bonchev–Trinajstić information content (AvgIpc) is 2.73. The number of aromatic nitrogens is 1. The molecule has 0 aliphatic carbocycles. The largest absolute Gasteiger partial charge is 0.317 e. The Balaban J connectivity index is 2.23. The van der Waals surface area contributed by atoms with Crippen molar-refractivity contribution in [2.75, 3.05) is 18.8 Å². The van der Waals surface area contributed by atoms with Crippen LogP contribution in [0.4, 0.5) is 0 Å². The molecule has 0 aromatic carbocycles. The van der Waals surface area contributed by atoms with Crippen molar-refractivity contribution < 1.29 is 8.42 Å². The van der Waals surface area contributed by atoms with Crippen molar-refractivity contribution in [2.45, 2.75) is 33.2 Å². The molecule has 0 spiro atoms. The van der Waals surface area contributed by atoms with Crippen molar-refractivity contribution in [3.05, 3.63) is 16.1 Å². The summed E-state index contributed by atoms with van der Waals surface area (Å²) in [6.07, 6.45) is 3.28. The number of aryl methyl sites for hydroxylation is 1. The van der Waals surface area contributed by atoms with E-state index in [0.29, 0.717) is 13.0 Å². The van der Waals surface area contributed by atoms with Crippen molar-refractivity contribution in [3.8, 4) is 0 Å². The van der Waals surface area contributed by atoms with Crippen LogP contribution in [0, 0.1) is 6.92 Å². The van der Waals surface area contributed by atoms with Crippen LogP contribution < -0.4 is 10.0 Å². The molecule has 0 saturated carbocycles. The average molecular weight is 291 g/mol. The van der Waals surface area contributed by atoms with Crippen LogP contribution >= 0.6 is 11.3 Å². The first kappa shape index (κ1) is 15.6. The number of nitrogens with zero attached hydrogens (tertiary/aromatic N) is 1. The molecule has 0 radical (unpaired) electrons. The number of thiazole rings is 1. The molecule has 2 N–H and O–H groups in total. The van der Waals surface area contributed by atoms with E-state index in [1.54, 1.807) is 6.20 Å². The number of unbranched alkanes of at least 4 members (excludes halogenated alkanes) is 1. The Labute approximate surface area is 113 Å². The quantitative estimate of drug-likeness (QED) is 0.672. The Morgan fingerprint density at radius 2 is 2.17 bits per heavy atom. The second kappa shape index (κ2) is 7.83. The number of sulfonamides is 1. The van der Waals surface area contributed by atoms with Gasteiger partial charge in [0.05, 0.1) is 10.8 Å².